The Hall–Kier alpha value is -2.78. The van der Waals surface area contributed by atoms with Gasteiger partial charge in [-0.3, -0.25) is 9.48 Å². The highest BCUT2D eigenvalue weighted by Gasteiger charge is 2.18. The average molecular weight is 394 g/mol. The Kier molecular flexibility index (Phi) is 5.36. The van der Waals surface area contributed by atoms with E-state index in [4.69, 9.17) is 18.2 Å². The van der Waals surface area contributed by atoms with Gasteiger partial charge in [-0.15, -0.1) is 0 Å². The van der Waals surface area contributed by atoms with Gasteiger partial charge in [0.1, 0.15) is 17.3 Å². The Morgan fingerprint density at radius 2 is 1.89 bits per heavy atom. The van der Waals surface area contributed by atoms with Gasteiger partial charge in [-0.1, -0.05) is 49.1 Å². The van der Waals surface area contributed by atoms with Crippen LogP contribution in [0.2, 0.25) is 5.15 Å². The summed E-state index contributed by atoms with van der Waals surface area (Å²) in [7, 11) is 0. The number of nitrogens with zero attached hydrogens (tertiary/aromatic N) is 5. The summed E-state index contributed by atoms with van der Waals surface area (Å²) in [6, 6.07) is 5.98. The molecule has 2 aliphatic rings. The number of carbonyl (C=O) groups is 1. The summed E-state index contributed by atoms with van der Waals surface area (Å²) in [4.78, 5) is 22.4. The van der Waals surface area contributed by atoms with E-state index in [1.807, 2.05) is 23.0 Å². The van der Waals surface area contributed by atoms with Gasteiger partial charge in [-0.2, -0.15) is 5.10 Å². The summed E-state index contributed by atoms with van der Waals surface area (Å²) in [5.41, 5.74) is 3.45. The van der Waals surface area contributed by atoms with Crippen LogP contribution in [0, 0.1) is 6.57 Å². The molecular formula is C21H20ClN5O. The zero-order chi connectivity index (χ0) is 19.5. The molecule has 0 bridgehead atoms. The molecule has 0 N–H and O–H groups in total. The molecule has 3 aromatic rings. The predicted octanol–water partition coefficient (Wildman–Crippen LogP) is 4.89. The number of ketones is 1. The molecule has 0 spiro atoms. The van der Waals surface area contributed by atoms with Crippen LogP contribution in [0.4, 0.5) is 5.69 Å². The minimum Gasteiger partial charge on any atom is -0.299 e. The lowest BCUT2D eigenvalue weighted by molar-refractivity contribution is -0.117. The monoisotopic (exact) mass is 393 g/mol. The molecule has 1 fully saturated rings. The summed E-state index contributed by atoms with van der Waals surface area (Å²) in [6.07, 6.45) is 10.8. The minimum atomic E-state index is 0.257. The largest absolute Gasteiger partial charge is 0.299 e. The molecule has 2 aromatic heterocycles. The molecule has 1 aromatic carbocycles. The summed E-state index contributed by atoms with van der Waals surface area (Å²) in [6.45, 7) is 6.80. The van der Waals surface area contributed by atoms with Crippen molar-refractivity contribution in [2.24, 2.45) is 0 Å². The second-order valence-corrected chi connectivity index (χ2v) is 7.62. The highest BCUT2D eigenvalue weighted by molar-refractivity contribution is 6.33. The van der Waals surface area contributed by atoms with E-state index in [0.717, 1.165) is 16.5 Å². The third kappa shape index (κ3) is 3.90. The van der Waals surface area contributed by atoms with Crippen molar-refractivity contribution in [2.75, 3.05) is 0 Å². The number of fused-ring (bicyclic) bond motifs is 2. The number of halogens is 1. The van der Waals surface area contributed by atoms with E-state index in [2.05, 4.69) is 19.9 Å². The first-order valence-corrected chi connectivity index (χ1v) is 9.88. The van der Waals surface area contributed by atoms with Crippen LogP contribution in [0.1, 0.15) is 49.3 Å². The van der Waals surface area contributed by atoms with Gasteiger partial charge in [-0.05, 0) is 24.0 Å². The van der Waals surface area contributed by atoms with Gasteiger partial charge in [0, 0.05) is 19.0 Å². The number of aromatic nitrogens is 4. The maximum atomic E-state index is 11.0. The van der Waals surface area contributed by atoms with E-state index in [1.165, 1.54) is 38.4 Å². The van der Waals surface area contributed by atoms with Gasteiger partial charge in [0.25, 0.3) is 0 Å². The fourth-order valence-electron chi connectivity index (χ4n) is 3.87. The van der Waals surface area contributed by atoms with Crippen molar-refractivity contribution in [2.45, 2.75) is 51.0 Å². The molecule has 1 saturated carbocycles. The molecule has 0 unspecified atom stereocenters. The molecule has 5 rings (SSSR count). The molecule has 0 atom stereocenters. The maximum absolute atomic E-state index is 11.0. The molecule has 2 aliphatic carbocycles. The van der Waals surface area contributed by atoms with Crippen molar-refractivity contribution in [3.8, 4) is 0 Å². The molecule has 0 aliphatic heterocycles. The number of Topliss-reactive ketones (excluding diaryl/α,β-unsaturated/α-hetero) is 1. The lowest BCUT2D eigenvalue weighted by atomic mass is 9.96. The average Bonchev–Trinajstić information content (AvgIpc) is 3.32. The van der Waals surface area contributed by atoms with E-state index < -0.39 is 0 Å². The Bertz CT molecular complexity index is 1060. The molecule has 0 amide bonds. The van der Waals surface area contributed by atoms with Crippen molar-refractivity contribution in [3.05, 3.63) is 58.4 Å². The molecule has 7 heteroatoms. The van der Waals surface area contributed by atoms with E-state index in [0.29, 0.717) is 35.4 Å². The summed E-state index contributed by atoms with van der Waals surface area (Å²) in [5, 5.41) is 5.83. The zero-order valence-corrected chi connectivity index (χ0v) is 16.2. The topological polar surface area (TPSA) is 65.0 Å². The third-order valence-electron chi connectivity index (χ3n) is 5.33. The van der Waals surface area contributed by atoms with Crippen molar-refractivity contribution in [1.82, 2.24) is 19.7 Å². The molecular weight excluding hydrogens is 374 g/mol. The normalized spacial score (nSPS) is 16.4. The van der Waals surface area contributed by atoms with E-state index in [1.54, 1.807) is 6.07 Å². The van der Waals surface area contributed by atoms with Crippen molar-refractivity contribution < 1.29 is 4.79 Å². The van der Waals surface area contributed by atoms with Gasteiger partial charge in [-0.25, -0.2) is 14.8 Å². The number of benzene rings is 1. The van der Waals surface area contributed by atoms with Crippen molar-refractivity contribution in [3.63, 3.8) is 0 Å². The first kappa shape index (κ1) is 18.6. The van der Waals surface area contributed by atoms with Crippen molar-refractivity contribution >= 4 is 34.1 Å². The second-order valence-electron chi connectivity index (χ2n) is 7.26. The minimum absolute atomic E-state index is 0.257. The highest BCUT2D eigenvalue weighted by Crippen LogP contribution is 2.29. The Morgan fingerprint density at radius 3 is 2.64 bits per heavy atom. The van der Waals surface area contributed by atoms with E-state index >= 15 is 0 Å². The Morgan fingerprint density at radius 1 is 1.11 bits per heavy atom. The van der Waals surface area contributed by atoms with Gasteiger partial charge in [0.05, 0.1) is 18.0 Å². The third-order valence-corrected chi connectivity index (χ3v) is 5.63. The molecule has 142 valence electrons. The van der Waals surface area contributed by atoms with Gasteiger partial charge in [0.2, 0.25) is 0 Å². The summed E-state index contributed by atoms with van der Waals surface area (Å²) < 4.78 is 2.02. The van der Waals surface area contributed by atoms with Crippen LogP contribution in [0.25, 0.3) is 15.9 Å². The molecule has 28 heavy (non-hydrogen) atoms. The first-order chi connectivity index (χ1) is 13.6. The van der Waals surface area contributed by atoms with Crippen LogP contribution in [0.3, 0.4) is 0 Å². The van der Waals surface area contributed by atoms with Gasteiger partial charge >= 0.3 is 0 Å². The molecule has 0 radical (unpaired) electrons. The fourth-order valence-corrected chi connectivity index (χ4v) is 4.04. The van der Waals surface area contributed by atoms with Crippen molar-refractivity contribution in [1.29, 1.82) is 0 Å². The SMILES string of the molecule is Clc1ncnc2nn(C3CCCCC3)cc12.[C-]#[N+]c1ccc2c(c1)CC(=O)C2. The van der Waals surface area contributed by atoms with E-state index in [-0.39, 0.29) is 5.78 Å². The van der Waals surface area contributed by atoms with Crippen LogP contribution < -0.4 is 0 Å². The van der Waals surface area contributed by atoms with Gasteiger partial charge < -0.3 is 0 Å². The maximum Gasteiger partial charge on any atom is 0.187 e. The van der Waals surface area contributed by atoms with Crippen LogP contribution in [-0.4, -0.2) is 25.5 Å². The zero-order valence-electron chi connectivity index (χ0n) is 15.4. The first-order valence-electron chi connectivity index (χ1n) is 9.50. The number of hydrogen-bond acceptors (Lipinski definition) is 4. The van der Waals surface area contributed by atoms with Gasteiger partial charge in [0.15, 0.2) is 11.3 Å². The summed E-state index contributed by atoms with van der Waals surface area (Å²) >= 11 is 6.00. The number of rotatable bonds is 1. The lowest BCUT2D eigenvalue weighted by Crippen LogP contribution is -2.12. The van der Waals surface area contributed by atoms with E-state index in [9.17, 15) is 4.79 Å². The Balaban J connectivity index is 0.000000143. The summed E-state index contributed by atoms with van der Waals surface area (Å²) in [5.74, 6) is 0.257. The van der Waals surface area contributed by atoms with Crippen LogP contribution >= 0.6 is 11.6 Å². The highest BCUT2D eigenvalue weighted by atomic mass is 35.5. The van der Waals surface area contributed by atoms with Crippen LogP contribution in [0.15, 0.2) is 30.7 Å². The smallest absolute Gasteiger partial charge is 0.187 e. The lowest BCUT2D eigenvalue weighted by Gasteiger charge is -2.21. The fraction of sp³-hybridized carbons (Fsp3) is 0.381. The van der Waals surface area contributed by atoms with Crippen LogP contribution in [-0.2, 0) is 17.6 Å². The molecule has 0 saturated heterocycles. The Labute approximate surface area is 168 Å². The predicted molar refractivity (Wildman–Crippen MR) is 108 cm³/mol. The molecule has 2 heterocycles. The standard InChI is InChI=1S/C11H13ClN4.C10H7NO/c12-10-9-6-16(8-4-2-1-3-5-8)15-11(9)14-7-13-10;1-11-9-3-2-7-5-10(12)6-8(7)4-9/h6-8H,1-5H2;2-4H,5-6H2. The number of carbonyl (C=O) groups excluding carboxylic acids is 1. The quantitative estimate of drug-likeness (QED) is 0.436. The van der Waals surface area contributed by atoms with Crippen LogP contribution in [0.5, 0.6) is 0 Å². The second kappa shape index (κ2) is 8.07. The number of hydrogen-bond donors (Lipinski definition) is 0. The molecule has 6 nitrogen and oxygen atoms in total.